The van der Waals surface area contributed by atoms with Crippen LogP contribution in [-0.4, -0.2) is 21.2 Å². The van der Waals surface area contributed by atoms with E-state index in [1.165, 1.54) is 0 Å². The number of aromatic amines is 1. The third-order valence-electron chi connectivity index (χ3n) is 2.02. The second-order valence-corrected chi connectivity index (χ2v) is 4.39. The predicted octanol–water partition coefficient (Wildman–Crippen LogP) is 3.02. The van der Waals surface area contributed by atoms with Gasteiger partial charge in [0.05, 0.1) is 0 Å². The monoisotopic (exact) mass is 251 g/mol. The van der Waals surface area contributed by atoms with E-state index < -0.39 is 0 Å². The van der Waals surface area contributed by atoms with E-state index in [0.717, 1.165) is 5.69 Å². The number of hydrogen-bond acceptors (Lipinski definition) is 4. The van der Waals surface area contributed by atoms with Gasteiger partial charge in [-0.25, -0.2) is 0 Å². The fourth-order valence-corrected chi connectivity index (χ4v) is 1.45. The van der Waals surface area contributed by atoms with Crippen LogP contribution in [0.4, 0.5) is 17.6 Å². The minimum atomic E-state index is 0.311. The van der Waals surface area contributed by atoms with Gasteiger partial charge in [-0.05, 0) is 38.1 Å². The van der Waals surface area contributed by atoms with Gasteiger partial charge in [-0.15, -0.1) is 10.2 Å². The molecule has 90 valence electrons. The summed E-state index contributed by atoms with van der Waals surface area (Å²) in [7, 11) is 0. The topological polar surface area (TPSA) is 65.6 Å². The second-order valence-electron chi connectivity index (χ2n) is 3.95. The average molecular weight is 252 g/mol. The molecule has 0 aliphatic carbocycles. The van der Waals surface area contributed by atoms with Crippen molar-refractivity contribution in [1.82, 2.24) is 15.2 Å². The summed E-state index contributed by atoms with van der Waals surface area (Å²) in [5.41, 5.74) is 0.904. The Labute approximate surface area is 105 Å². The Bertz CT molecular complexity index is 477. The Balaban J connectivity index is 2.03. The zero-order chi connectivity index (χ0) is 12.3. The first-order valence-electron chi connectivity index (χ1n) is 5.35. The maximum absolute atomic E-state index is 5.80. The lowest BCUT2D eigenvalue weighted by Gasteiger charge is -2.04. The lowest BCUT2D eigenvalue weighted by molar-refractivity contribution is 0.876. The van der Waals surface area contributed by atoms with E-state index in [-0.39, 0.29) is 0 Å². The number of nitrogens with one attached hydrogen (secondary N) is 3. The van der Waals surface area contributed by atoms with E-state index in [4.69, 9.17) is 11.6 Å². The Morgan fingerprint density at radius 3 is 2.41 bits per heavy atom. The largest absolute Gasteiger partial charge is 0.352 e. The fourth-order valence-electron chi connectivity index (χ4n) is 1.33. The molecule has 0 aliphatic rings. The normalized spacial score (nSPS) is 10.6. The summed E-state index contributed by atoms with van der Waals surface area (Å²) < 4.78 is 0. The van der Waals surface area contributed by atoms with Crippen molar-refractivity contribution in [3.05, 3.63) is 29.3 Å². The number of H-pyrrole nitrogens is 1. The van der Waals surface area contributed by atoms with Crippen molar-refractivity contribution in [2.24, 2.45) is 0 Å². The van der Waals surface area contributed by atoms with Gasteiger partial charge in [0.15, 0.2) is 0 Å². The van der Waals surface area contributed by atoms with Gasteiger partial charge < -0.3 is 10.6 Å². The minimum Gasteiger partial charge on any atom is -0.352 e. The Morgan fingerprint density at radius 2 is 1.76 bits per heavy atom. The van der Waals surface area contributed by atoms with E-state index in [1.807, 2.05) is 38.1 Å². The molecule has 5 nitrogen and oxygen atoms in total. The van der Waals surface area contributed by atoms with Crippen molar-refractivity contribution < 1.29 is 0 Å². The molecule has 0 unspecified atom stereocenters. The van der Waals surface area contributed by atoms with Crippen LogP contribution in [0.2, 0.25) is 5.02 Å². The molecule has 0 amide bonds. The van der Waals surface area contributed by atoms with Gasteiger partial charge in [0.25, 0.3) is 0 Å². The molecule has 1 aromatic carbocycles. The molecular weight excluding hydrogens is 238 g/mol. The van der Waals surface area contributed by atoms with E-state index in [1.54, 1.807) is 0 Å². The predicted molar refractivity (Wildman–Crippen MR) is 69.9 cm³/mol. The van der Waals surface area contributed by atoms with E-state index >= 15 is 0 Å². The number of hydrogen-bond donors (Lipinski definition) is 3. The van der Waals surface area contributed by atoms with Crippen molar-refractivity contribution in [3.63, 3.8) is 0 Å². The highest BCUT2D eigenvalue weighted by Crippen LogP contribution is 2.17. The van der Waals surface area contributed by atoms with Crippen molar-refractivity contribution in [2.45, 2.75) is 19.9 Å². The van der Waals surface area contributed by atoms with Crippen LogP contribution in [0.3, 0.4) is 0 Å². The lowest BCUT2D eigenvalue weighted by Crippen LogP contribution is -2.10. The highest BCUT2D eigenvalue weighted by molar-refractivity contribution is 6.30. The molecule has 0 saturated heterocycles. The number of benzene rings is 1. The van der Waals surface area contributed by atoms with Gasteiger partial charge in [-0.1, -0.05) is 11.6 Å². The van der Waals surface area contributed by atoms with Gasteiger partial charge in [0.1, 0.15) is 0 Å². The first-order chi connectivity index (χ1) is 8.13. The quantitative estimate of drug-likeness (QED) is 0.782. The van der Waals surface area contributed by atoms with Crippen LogP contribution < -0.4 is 10.6 Å². The summed E-state index contributed by atoms with van der Waals surface area (Å²) in [6.07, 6.45) is 0. The minimum absolute atomic E-state index is 0.311. The van der Waals surface area contributed by atoms with Crippen LogP contribution >= 0.6 is 11.6 Å². The molecule has 0 spiro atoms. The van der Waals surface area contributed by atoms with Crippen molar-refractivity contribution in [3.8, 4) is 0 Å². The van der Waals surface area contributed by atoms with Gasteiger partial charge >= 0.3 is 0 Å². The number of rotatable bonds is 4. The smallest absolute Gasteiger partial charge is 0.227 e. The first kappa shape index (κ1) is 11.7. The second kappa shape index (κ2) is 5.05. The molecule has 2 aromatic rings. The molecule has 6 heteroatoms. The van der Waals surface area contributed by atoms with Crippen LogP contribution in [0.25, 0.3) is 0 Å². The zero-order valence-corrected chi connectivity index (χ0v) is 10.4. The molecule has 0 bridgehead atoms. The SMILES string of the molecule is CC(C)Nc1nnc(Nc2ccc(Cl)cc2)[nH]1. The molecule has 0 fully saturated rings. The third-order valence-corrected chi connectivity index (χ3v) is 2.27. The lowest BCUT2D eigenvalue weighted by atomic mass is 10.3. The number of nitrogens with zero attached hydrogens (tertiary/aromatic N) is 2. The molecule has 0 radical (unpaired) electrons. The van der Waals surface area contributed by atoms with Gasteiger partial charge in [-0.3, -0.25) is 4.98 Å². The molecule has 0 atom stereocenters. The molecule has 1 aromatic heterocycles. The van der Waals surface area contributed by atoms with Crippen molar-refractivity contribution in [1.29, 1.82) is 0 Å². The Hall–Kier alpha value is -1.75. The van der Waals surface area contributed by atoms with Gasteiger partial charge in [0, 0.05) is 16.8 Å². The Morgan fingerprint density at radius 1 is 1.12 bits per heavy atom. The molecule has 1 heterocycles. The molecule has 2 rings (SSSR count). The average Bonchev–Trinajstić information content (AvgIpc) is 2.68. The summed E-state index contributed by atoms with van der Waals surface area (Å²) in [6, 6.07) is 7.69. The molecule has 0 aliphatic heterocycles. The first-order valence-corrected chi connectivity index (χ1v) is 5.73. The zero-order valence-electron chi connectivity index (χ0n) is 9.66. The van der Waals surface area contributed by atoms with Crippen LogP contribution in [0.15, 0.2) is 24.3 Å². The third kappa shape index (κ3) is 3.35. The summed E-state index contributed by atoms with van der Waals surface area (Å²) in [5.74, 6) is 1.24. The summed E-state index contributed by atoms with van der Waals surface area (Å²) in [6.45, 7) is 4.07. The van der Waals surface area contributed by atoms with Gasteiger partial charge in [-0.2, -0.15) is 0 Å². The Kier molecular flexibility index (Phi) is 3.49. The summed E-state index contributed by atoms with van der Waals surface area (Å²) in [4.78, 5) is 3.03. The maximum atomic E-state index is 5.80. The summed E-state index contributed by atoms with van der Waals surface area (Å²) >= 11 is 5.80. The summed E-state index contributed by atoms with van der Waals surface area (Å²) in [5, 5.41) is 14.9. The van der Waals surface area contributed by atoms with Crippen LogP contribution in [-0.2, 0) is 0 Å². The van der Waals surface area contributed by atoms with Crippen LogP contribution in [0, 0.1) is 0 Å². The standard InChI is InChI=1S/C11H14ClN5/c1-7(2)13-10-15-11(17-16-10)14-9-5-3-8(12)4-6-9/h3-7H,1-2H3,(H3,13,14,15,16,17). The number of halogens is 1. The van der Waals surface area contributed by atoms with Crippen LogP contribution in [0.5, 0.6) is 0 Å². The molecule has 17 heavy (non-hydrogen) atoms. The highest BCUT2D eigenvalue weighted by Gasteiger charge is 2.03. The molecule has 3 N–H and O–H groups in total. The van der Waals surface area contributed by atoms with Gasteiger partial charge in [0.2, 0.25) is 11.9 Å². The van der Waals surface area contributed by atoms with E-state index in [9.17, 15) is 0 Å². The highest BCUT2D eigenvalue weighted by atomic mass is 35.5. The van der Waals surface area contributed by atoms with Crippen molar-refractivity contribution in [2.75, 3.05) is 10.6 Å². The maximum Gasteiger partial charge on any atom is 0.227 e. The van der Waals surface area contributed by atoms with E-state index in [0.29, 0.717) is 23.0 Å². The van der Waals surface area contributed by atoms with Crippen LogP contribution in [0.1, 0.15) is 13.8 Å². The number of anilines is 3. The van der Waals surface area contributed by atoms with E-state index in [2.05, 4.69) is 25.8 Å². The number of aromatic nitrogens is 3. The fraction of sp³-hybridized carbons (Fsp3) is 0.273. The molecule has 0 saturated carbocycles. The van der Waals surface area contributed by atoms with Crippen molar-refractivity contribution >= 4 is 29.2 Å². The molecular formula is C11H14ClN5.